The van der Waals surface area contributed by atoms with Gasteiger partial charge in [-0.2, -0.15) is 0 Å². The van der Waals surface area contributed by atoms with Crippen LogP contribution in [0.3, 0.4) is 0 Å². The number of nitrogens with two attached hydrogens (primary N) is 1. The second-order valence-corrected chi connectivity index (χ2v) is 6.99. The lowest BCUT2D eigenvalue weighted by Crippen LogP contribution is -2.36. The van der Waals surface area contributed by atoms with E-state index in [1.165, 1.54) is 11.3 Å². The molecule has 2 aromatic heterocycles. The minimum Gasteiger partial charge on any atom is -0.337 e. The molecule has 4 nitrogen and oxygen atoms in total. The van der Waals surface area contributed by atoms with Crippen molar-refractivity contribution in [2.75, 3.05) is 18.0 Å². The summed E-state index contributed by atoms with van der Waals surface area (Å²) in [4.78, 5) is 11.2. The summed E-state index contributed by atoms with van der Waals surface area (Å²) in [6.07, 6.45) is 3.97. The monoisotopic (exact) mass is 328 g/mol. The Hall–Kier alpha value is -0.880. The molecule has 0 saturated carbocycles. The fourth-order valence-electron chi connectivity index (χ4n) is 2.50. The lowest BCUT2D eigenvalue weighted by atomic mass is 10.2. The van der Waals surface area contributed by atoms with E-state index in [2.05, 4.69) is 14.9 Å². The summed E-state index contributed by atoms with van der Waals surface area (Å²) in [7, 11) is 0. The molecule has 0 spiro atoms. The third-order valence-corrected chi connectivity index (χ3v) is 4.97. The van der Waals surface area contributed by atoms with E-state index in [9.17, 15) is 0 Å². The van der Waals surface area contributed by atoms with E-state index in [1.807, 2.05) is 12.1 Å². The summed E-state index contributed by atoms with van der Waals surface area (Å²) >= 11 is 13.5. The van der Waals surface area contributed by atoms with Crippen LogP contribution in [0, 0.1) is 0 Å². The van der Waals surface area contributed by atoms with E-state index in [0.717, 1.165) is 30.6 Å². The first-order valence-electron chi connectivity index (χ1n) is 6.44. The molecule has 2 N–H and O–H groups in total. The molecular formula is C13H14Cl2N4S. The second-order valence-electron chi connectivity index (χ2n) is 4.70. The summed E-state index contributed by atoms with van der Waals surface area (Å²) in [5.41, 5.74) is 7.46. The van der Waals surface area contributed by atoms with Crippen LogP contribution < -0.4 is 10.6 Å². The number of hydrogen-bond donors (Lipinski definition) is 1. The van der Waals surface area contributed by atoms with Crippen LogP contribution in [-0.4, -0.2) is 29.1 Å². The van der Waals surface area contributed by atoms with Gasteiger partial charge < -0.3 is 10.6 Å². The standard InChI is InChI=1S/C13H14Cl2N4S/c14-11-6-9(12(15)20-11)10-3-4-17-13(18-10)19-5-1-2-8(19)7-16/h3-4,6,8H,1-2,5,7,16H2. The van der Waals surface area contributed by atoms with E-state index in [-0.39, 0.29) is 0 Å². The Morgan fingerprint density at radius 3 is 3.00 bits per heavy atom. The summed E-state index contributed by atoms with van der Waals surface area (Å²) in [5.74, 6) is 0.717. The normalized spacial score (nSPS) is 18.8. The Labute approximate surface area is 131 Å². The molecule has 1 atom stereocenters. The maximum absolute atomic E-state index is 6.19. The van der Waals surface area contributed by atoms with Crippen molar-refractivity contribution in [3.8, 4) is 11.3 Å². The third-order valence-electron chi connectivity index (χ3n) is 3.48. The van der Waals surface area contributed by atoms with Gasteiger partial charge in [-0.3, -0.25) is 0 Å². The molecule has 106 valence electrons. The molecule has 0 bridgehead atoms. The number of nitrogens with zero attached hydrogens (tertiary/aromatic N) is 3. The van der Waals surface area contributed by atoms with Crippen LogP contribution in [0.5, 0.6) is 0 Å². The van der Waals surface area contributed by atoms with Gasteiger partial charge in [-0.25, -0.2) is 9.97 Å². The molecule has 0 aromatic carbocycles. The smallest absolute Gasteiger partial charge is 0.226 e. The van der Waals surface area contributed by atoms with Crippen molar-refractivity contribution in [3.63, 3.8) is 0 Å². The molecule has 1 saturated heterocycles. The van der Waals surface area contributed by atoms with E-state index < -0.39 is 0 Å². The van der Waals surface area contributed by atoms with Crippen molar-refractivity contribution in [3.05, 3.63) is 27.0 Å². The number of halogens is 2. The number of aromatic nitrogens is 2. The topological polar surface area (TPSA) is 55.0 Å². The van der Waals surface area contributed by atoms with Crippen molar-refractivity contribution in [1.82, 2.24) is 9.97 Å². The average Bonchev–Trinajstić information content (AvgIpc) is 3.05. The van der Waals surface area contributed by atoms with Gasteiger partial charge in [0.05, 0.1) is 10.0 Å². The SMILES string of the molecule is NCC1CCCN1c1nccc(-c2cc(Cl)sc2Cl)n1. The summed E-state index contributed by atoms with van der Waals surface area (Å²) in [6, 6.07) is 4.01. The van der Waals surface area contributed by atoms with E-state index >= 15 is 0 Å². The van der Waals surface area contributed by atoms with Crippen LogP contribution in [0.4, 0.5) is 5.95 Å². The molecule has 0 radical (unpaired) electrons. The first kappa shape index (κ1) is 14.1. The zero-order chi connectivity index (χ0) is 14.1. The van der Waals surface area contributed by atoms with Gasteiger partial charge in [0.2, 0.25) is 5.95 Å². The molecule has 3 heterocycles. The number of rotatable bonds is 3. The minimum absolute atomic E-state index is 0.326. The largest absolute Gasteiger partial charge is 0.337 e. The van der Waals surface area contributed by atoms with Gasteiger partial charge in [0.15, 0.2) is 0 Å². The zero-order valence-corrected chi connectivity index (χ0v) is 13.0. The van der Waals surface area contributed by atoms with Crippen LogP contribution in [0.25, 0.3) is 11.3 Å². The Morgan fingerprint density at radius 1 is 1.45 bits per heavy atom. The molecule has 0 aliphatic carbocycles. The lowest BCUT2D eigenvalue weighted by Gasteiger charge is -2.23. The van der Waals surface area contributed by atoms with Crippen LogP contribution >= 0.6 is 34.5 Å². The molecule has 1 aliphatic rings. The first-order valence-corrected chi connectivity index (χ1v) is 8.01. The van der Waals surface area contributed by atoms with Crippen molar-refractivity contribution >= 4 is 40.5 Å². The lowest BCUT2D eigenvalue weighted by molar-refractivity contribution is 0.664. The number of anilines is 1. The highest BCUT2D eigenvalue weighted by molar-refractivity contribution is 7.20. The van der Waals surface area contributed by atoms with E-state index in [4.69, 9.17) is 28.9 Å². The quantitative estimate of drug-likeness (QED) is 0.937. The molecule has 1 aliphatic heterocycles. The molecule has 2 aromatic rings. The summed E-state index contributed by atoms with van der Waals surface area (Å²) in [5, 5.41) is 0. The molecule has 0 amide bonds. The predicted molar refractivity (Wildman–Crippen MR) is 84.8 cm³/mol. The summed E-state index contributed by atoms with van der Waals surface area (Å²) in [6.45, 7) is 1.57. The number of thiophene rings is 1. The molecule has 1 fully saturated rings. The molecule has 1 unspecified atom stereocenters. The van der Waals surface area contributed by atoms with Gasteiger partial charge in [-0.1, -0.05) is 23.2 Å². The highest BCUT2D eigenvalue weighted by Crippen LogP contribution is 2.37. The highest BCUT2D eigenvalue weighted by atomic mass is 35.5. The van der Waals surface area contributed by atoms with Gasteiger partial charge in [0.25, 0.3) is 0 Å². The third kappa shape index (κ3) is 2.63. The fraction of sp³-hybridized carbons (Fsp3) is 0.385. The first-order chi connectivity index (χ1) is 9.69. The Balaban J connectivity index is 1.95. The number of hydrogen-bond acceptors (Lipinski definition) is 5. The maximum Gasteiger partial charge on any atom is 0.226 e. The molecule has 20 heavy (non-hydrogen) atoms. The van der Waals surface area contributed by atoms with Crippen molar-refractivity contribution in [2.24, 2.45) is 5.73 Å². The van der Waals surface area contributed by atoms with Gasteiger partial charge in [0.1, 0.15) is 4.34 Å². The summed E-state index contributed by atoms with van der Waals surface area (Å²) < 4.78 is 1.31. The van der Waals surface area contributed by atoms with Crippen LogP contribution in [0.15, 0.2) is 18.3 Å². The maximum atomic E-state index is 6.19. The fourth-order valence-corrected chi connectivity index (χ4v) is 3.98. The van der Waals surface area contributed by atoms with Gasteiger partial charge in [0, 0.05) is 30.9 Å². The van der Waals surface area contributed by atoms with Gasteiger partial charge in [-0.05, 0) is 25.0 Å². The van der Waals surface area contributed by atoms with Crippen molar-refractivity contribution < 1.29 is 0 Å². The van der Waals surface area contributed by atoms with E-state index in [1.54, 1.807) is 6.20 Å². The molecule has 7 heteroatoms. The predicted octanol–water partition coefficient (Wildman–Crippen LogP) is 3.44. The van der Waals surface area contributed by atoms with Crippen LogP contribution in [0.1, 0.15) is 12.8 Å². The van der Waals surface area contributed by atoms with Gasteiger partial charge in [-0.15, -0.1) is 11.3 Å². The van der Waals surface area contributed by atoms with Crippen LogP contribution in [-0.2, 0) is 0 Å². The van der Waals surface area contributed by atoms with E-state index in [0.29, 0.717) is 27.2 Å². The Bertz CT molecular complexity index is 616. The molecular weight excluding hydrogens is 315 g/mol. The Kier molecular flexibility index (Phi) is 4.12. The average molecular weight is 329 g/mol. The Morgan fingerprint density at radius 2 is 2.30 bits per heavy atom. The van der Waals surface area contributed by atoms with Crippen molar-refractivity contribution in [2.45, 2.75) is 18.9 Å². The van der Waals surface area contributed by atoms with Crippen molar-refractivity contribution in [1.29, 1.82) is 0 Å². The minimum atomic E-state index is 0.326. The highest BCUT2D eigenvalue weighted by Gasteiger charge is 2.25. The zero-order valence-electron chi connectivity index (χ0n) is 10.7. The molecule has 3 rings (SSSR count). The second kappa shape index (κ2) is 5.85. The van der Waals surface area contributed by atoms with Crippen LogP contribution in [0.2, 0.25) is 8.67 Å². The van der Waals surface area contributed by atoms with Gasteiger partial charge >= 0.3 is 0 Å².